The van der Waals surface area contributed by atoms with Gasteiger partial charge in [0, 0.05) is 55.4 Å². The molecule has 0 bridgehead atoms. The number of unbranched alkanes of at least 4 members (excludes halogenated alkanes) is 1. The number of amides is 9. The Kier molecular flexibility index (Phi) is 24.0. The molecule has 0 spiro atoms. The number of para-hydroxylation sites is 1. The molecule has 27 heteroatoms. The van der Waals surface area contributed by atoms with Crippen molar-refractivity contribution >= 4 is 76.0 Å². The molecule has 0 saturated carbocycles. The number of H-pyrrole nitrogens is 2. The number of phenols is 1. The Labute approximate surface area is 470 Å². The zero-order valence-electron chi connectivity index (χ0n) is 45.1. The van der Waals surface area contributed by atoms with Gasteiger partial charge in [-0.3, -0.25) is 52.7 Å². The number of phenolic OH excluding ortho intramolecular Hbond substituents is 1. The van der Waals surface area contributed by atoms with Crippen molar-refractivity contribution < 1.29 is 68.1 Å². The molecule has 8 atom stereocenters. The molecule has 0 aliphatic rings. The van der Waals surface area contributed by atoms with Crippen LogP contribution >= 0.6 is 0 Å². The fraction of sp³-hybridized carbons (Fsp3) is 0.382. The molecule has 27 nitrogen and oxygen atoms in total. The van der Waals surface area contributed by atoms with Crippen LogP contribution in [0, 0.1) is 0 Å². The Morgan fingerprint density at radius 2 is 1.16 bits per heavy atom. The third-order valence-corrected chi connectivity index (χ3v) is 13.0. The number of hydrogen-bond acceptors (Lipinski definition) is 14. The number of rotatable bonds is 33. The maximum atomic E-state index is 14.4. The highest BCUT2D eigenvalue weighted by molar-refractivity contribution is 5.98. The van der Waals surface area contributed by atoms with Gasteiger partial charge in [0.1, 0.15) is 48.0 Å². The summed E-state index contributed by atoms with van der Waals surface area (Å²) in [6.45, 7) is 2.31. The van der Waals surface area contributed by atoms with Crippen molar-refractivity contribution in [2.45, 2.75) is 126 Å². The van der Waals surface area contributed by atoms with Gasteiger partial charge in [-0.2, -0.15) is 0 Å². The zero-order chi connectivity index (χ0) is 59.9. The van der Waals surface area contributed by atoms with E-state index in [2.05, 4.69) is 57.5 Å². The van der Waals surface area contributed by atoms with E-state index < -0.39 is 133 Å². The number of carboxylic acids is 2. The van der Waals surface area contributed by atoms with Crippen molar-refractivity contribution in [1.82, 2.24) is 57.5 Å². The van der Waals surface area contributed by atoms with Crippen molar-refractivity contribution in [2.75, 3.05) is 6.54 Å². The number of fused-ring (bicyclic) bond motifs is 1. The van der Waals surface area contributed by atoms with Crippen LogP contribution in [0.1, 0.15) is 74.8 Å². The number of hydrogen-bond donors (Lipinski definition) is 15. The van der Waals surface area contributed by atoms with E-state index in [4.69, 9.17) is 11.5 Å². The molecule has 0 fully saturated rings. The minimum Gasteiger partial charge on any atom is -0.508 e. The molecule has 0 unspecified atom stereocenters. The number of nitrogens with zero attached hydrogens (tertiary/aromatic N) is 1. The number of aromatic hydroxyl groups is 1. The van der Waals surface area contributed by atoms with Crippen LogP contribution in [0.4, 0.5) is 0 Å². The normalized spacial score (nSPS) is 13.9. The Morgan fingerprint density at radius 1 is 0.585 bits per heavy atom. The standard InChI is InChI=1S/C55H69N13O14/c1-3-4-13-39(53(80)68-44(25-47(73)74)55(82)66-41(48(57)75)21-31-10-6-5-7-11-31)65-54(81)43(23-33-26-59-38-14-9-8-12-36(33)38)63-45(70)28-60-51(78)42(22-32-15-17-35(69)18-16-32)67-49(76)30(2)62-52(79)40(19-20-46(71)72)64-50(77)37(56)24-34-27-58-29-61-34/h5-12,14-18,26-27,29-30,37,39-44,59,69H,3-4,13,19-25,28,56H2,1-2H3,(H2,57,75)(H,58,61)(H,60,78)(H,62,79)(H,63,70)(H,64,77)(H,65,81)(H,66,82)(H,67,76)(H,68,80)(H,71,72)(H,73,74)/t30-,37-,39-,40-,41-,42-,43-,44-/m0/s1. The lowest BCUT2D eigenvalue weighted by Crippen LogP contribution is -2.59. The first-order chi connectivity index (χ1) is 39.1. The van der Waals surface area contributed by atoms with E-state index >= 15 is 0 Å². The van der Waals surface area contributed by atoms with Crippen molar-refractivity contribution in [3.05, 3.63) is 120 Å². The molecule has 2 heterocycles. The molecule has 2 aromatic heterocycles. The molecule has 0 aliphatic carbocycles. The van der Waals surface area contributed by atoms with Gasteiger partial charge in [-0.25, -0.2) is 4.98 Å². The topological polar surface area (TPSA) is 441 Å². The third-order valence-electron chi connectivity index (χ3n) is 13.0. The second-order valence-electron chi connectivity index (χ2n) is 19.4. The van der Waals surface area contributed by atoms with Crippen LogP contribution < -0.4 is 54.0 Å². The van der Waals surface area contributed by atoms with Gasteiger partial charge in [0.05, 0.1) is 31.0 Å². The van der Waals surface area contributed by atoms with E-state index in [1.165, 1.54) is 43.7 Å². The molecule has 82 heavy (non-hydrogen) atoms. The number of nitrogens with one attached hydrogen (secondary N) is 10. The van der Waals surface area contributed by atoms with Crippen LogP contribution in [0.25, 0.3) is 10.9 Å². The number of carbonyl (C=O) groups excluding carboxylic acids is 9. The number of aliphatic carboxylic acids is 2. The molecule has 438 valence electrons. The molecule has 5 aromatic rings. The Hall–Kier alpha value is -9.66. The van der Waals surface area contributed by atoms with Gasteiger partial charge in [-0.05, 0) is 54.7 Å². The van der Waals surface area contributed by atoms with Gasteiger partial charge in [-0.15, -0.1) is 0 Å². The lowest BCUT2D eigenvalue weighted by atomic mass is 10.0. The smallest absolute Gasteiger partial charge is 0.305 e. The van der Waals surface area contributed by atoms with Gasteiger partial charge < -0.3 is 79.3 Å². The molecule has 17 N–H and O–H groups in total. The van der Waals surface area contributed by atoms with Crippen LogP contribution in [-0.4, -0.2) is 150 Å². The molecule has 0 aliphatic heterocycles. The van der Waals surface area contributed by atoms with Gasteiger partial charge in [0.25, 0.3) is 0 Å². The lowest BCUT2D eigenvalue weighted by Gasteiger charge is -2.26. The zero-order valence-corrected chi connectivity index (χ0v) is 45.1. The number of aromatic amines is 2. The highest BCUT2D eigenvalue weighted by Crippen LogP contribution is 2.20. The summed E-state index contributed by atoms with van der Waals surface area (Å²) in [5.74, 6) is -11.1. The number of carbonyl (C=O) groups is 11. The Balaban J connectivity index is 1.31. The van der Waals surface area contributed by atoms with E-state index in [9.17, 15) is 68.1 Å². The fourth-order valence-electron chi connectivity index (χ4n) is 8.51. The molecular weight excluding hydrogens is 1070 g/mol. The summed E-state index contributed by atoms with van der Waals surface area (Å²) in [5, 5.41) is 49.6. The molecule has 9 amide bonds. The Morgan fingerprint density at radius 3 is 1.82 bits per heavy atom. The number of primary amides is 1. The molecule has 0 saturated heterocycles. The summed E-state index contributed by atoms with van der Waals surface area (Å²) in [6.07, 6.45) is 3.15. The van der Waals surface area contributed by atoms with Gasteiger partial charge in [-0.1, -0.05) is 80.4 Å². The predicted octanol–water partition coefficient (Wildman–Crippen LogP) is -1.26. The predicted molar refractivity (Wildman–Crippen MR) is 294 cm³/mol. The van der Waals surface area contributed by atoms with Crippen LogP contribution in [0.5, 0.6) is 5.75 Å². The molecular formula is C55H69N13O14. The highest BCUT2D eigenvalue weighted by atomic mass is 16.4. The largest absolute Gasteiger partial charge is 0.508 e. The van der Waals surface area contributed by atoms with Crippen molar-refractivity contribution in [3.63, 3.8) is 0 Å². The summed E-state index contributed by atoms with van der Waals surface area (Å²) >= 11 is 0. The third kappa shape index (κ3) is 20.2. The molecule has 5 rings (SSSR count). The lowest BCUT2D eigenvalue weighted by molar-refractivity contribution is -0.141. The van der Waals surface area contributed by atoms with Gasteiger partial charge >= 0.3 is 11.9 Å². The number of imidazole rings is 1. The van der Waals surface area contributed by atoms with Gasteiger partial charge in [0.15, 0.2) is 0 Å². The molecule has 0 radical (unpaired) electrons. The second kappa shape index (κ2) is 31.2. The number of aromatic nitrogens is 3. The number of nitrogens with two attached hydrogens (primary N) is 2. The van der Waals surface area contributed by atoms with Crippen molar-refractivity contribution in [2.24, 2.45) is 11.5 Å². The summed E-state index contributed by atoms with van der Waals surface area (Å²) in [5.41, 5.74) is 14.4. The van der Waals surface area contributed by atoms with Crippen LogP contribution in [-0.2, 0) is 78.4 Å². The van der Waals surface area contributed by atoms with Crippen LogP contribution in [0.3, 0.4) is 0 Å². The van der Waals surface area contributed by atoms with E-state index in [-0.39, 0.29) is 44.3 Å². The van der Waals surface area contributed by atoms with E-state index in [0.29, 0.717) is 46.1 Å². The average molecular weight is 1140 g/mol. The quantitative estimate of drug-likeness (QED) is 0.0233. The fourth-order valence-corrected chi connectivity index (χ4v) is 8.51. The molecule has 3 aromatic carbocycles. The van der Waals surface area contributed by atoms with E-state index in [0.717, 1.165) is 0 Å². The number of benzene rings is 3. The van der Waals surface area contributed by atoms with Crippen molar-refractivity contribution in [1.29, 1.82) is 0 Å². The second-order valence-corrected chi connectivity index (χ2v) is 19.4. The minimum atomic E-state index is -1.73. The van der Waals surface area contributed by atoms with Crippen LogP contribution in [0.2, 0.25) is 0 Å². The summed E-state index contributed by atoms with van der Waals surface area (Å²) in [4.78, 5) is 156. The summed E-state index contributed by atoms with van der Waals surface area (Å²) in [7, 11) is 0. The van der Waals surface area contributed by atoms with E-state index in [1.807, 2.05) is 6.92 Å². The maximum Gasteiger partial charge on any atom is 0.305 e. The minimum absolute atomic E-state index is 0.00254. The monoisotopic (exact) mass is 1140 g/mol. The van der Waals surface area contributed by atoms with Crippen LogP contribution in [0.15, 0.2) is 97.6 Å². The summed E-state index contributed by atoms with van der Waals surface area (Å²) in [6, 6.07) is 9.93. The van der Waals surface area contributed by atoms with E-state index in [1.54, 1.807) is 60.8 Å². The van der Waals surface area contributed by atoms with Crippen molar-refractivity contribution in [3.8, 4) is 5.75 Å². The Bertz CT molecular complexity index is 3030. The van der Waals surface area contributed by atoms with Gasteiger partial charge in [0.2, 0.25) is 53.2 Å². The summed E-state index contributed by atoms with van der Waals surface area (Å²) < 4.78 is 0. The average Bonchev–Trinajstić information content (AvgIpc) is 4.21. The highest BCUT2D eigenvalue weighted by Gasteiger charge is 2.34. The first-order valence-corrected chi connectivity index (χ1v) is 26.3. The SMILES string of the molecule is CCCC[C@H](NC(=O)[C@H](Cc1c[nH]c2ccccc12)NC(=O)CNC(=O)[C@H](Cc1ccc(O)cc1)NC(=O)[C@H](C)NC(=O)[C@H](CCC(=O)O)NC(=O)[C@@H](N)Cc1c[nH]cn1)C(=O)N[C@@H](CC(=O)O)C(=O)N[C@@H](Cc1ccccc1)C(N)=O. The first-order valence-electron chi connectivity index (χ1n) is 26.3. The maximum absolute atomic E-state index is 14.4. The number of carboxylic acid groups (broad SMARTS) is 2. The first kappa shape index (κ1) is 63.2.